The van der Waals surface area contributed by atoms with E-state index >= 15 is 0 Å². The summed E-state index contributed by atoms with van der Waals surface area (Å²) in [4.78, 5) is 38.6. The van der Waals surface area contributed by atoms with E-state index in [1.165, 1.54) is 17.0 Å². The fourth-order valence-electron chi connectivity index (χ4n) is 3.40. The zero-order chi connectivity index (χ0) is 23.4. The molecule has 7 nitrogen and oxygen atoms in total. The third-order valence-corrected chi connectivity index (χ3v) is 5.07. The van der Waals surface area contributed by atoms with Crippen LogP contribution in [0, 0.1) is 5.82 Å². The number of nitrogens with zero attached hydrogens (tertiary/aromatic N) is 1. The molecule has 3 aromatic carbocycles. The lowest BCUT2D eigenvalue weighted by atomic mass is 10.1. The minimum Gasteiger partial charge on any atom is -0.482 e. The first-order valence-corrected chi connectivity index (χ1v) is 10.3. The van der Waals surface area contributed by atoms with Gasteiger partial charge in [0.05, 0.1) is 24.4 Å². The van der Waals surface area contributed by atoms with Crippen LogP contribution in [0.5, 0.6) is 5.75 Å². The minimum atomic E-state index is -0.434. The summed E-state index contributed by atoms with van der Waals surface area (Å²) in [6.07, 6.45) is 0. The van der Waals surface area contributed by atoms with Gasteiger partial charge in [-0.05, 0) is 67.1 Å². The van der Waals surface area contributed by atoms with E-state index in [0.717, 1.165) is 5.56 Å². The Balaban J connectivity index is 1.53. The van der Waals surface area contributed by atoms with E-state index in [-0.39, 0.29) is 37.4 Å². The largest absolute Gasteiger partial charge is 0.482 e. The van der Waals surface area contributed by atoms with Gasteiger partial charge in [-0.25, -0.2) is 9.18 Å². The molecule has 0 radical (unpaired) electrons. The normalized spacial score (nSPS) is 12.5. The predicted octanol–water partition coefficient (Wildman–Crippen LogP) is 4.18. The van der Waals surface area contributed by atoms with Gasteiger partial charge in [0.15, 0.2) is 6.61 Å². The summed E-state index contributed by atoms with van der Waals surface area (Å²) in [5.41, 5.74) is 2.41. The third kappa shape index (κ3) is 5.01. The fourth-order valence-corrected chi connectivity index (χ4v) is 3.40. The van der Waals surface area contributed by atoms with E-state index < -0.39 is 5.97 Å². The van der Waals surface area contributed by atoms with Crippen LogP contribution in [0.25, 0.3) is 0 Å². The number of carbonyl (C=O) groups excluding carboxylic acids is 3. The number of anilines is 2. The summed E-state index contributed by atoms with van der Waals surface area (Å²) >= 11 is 0. The Bertz CT molecular complexity index is 1190. The molecule has 1 aliphatic heterocycles. The topological polar surface area (TPSA) is 84.9 Å². The monoisotopic (exact) mass is 448 g/mol. The van der Waals surface area contributed by atoms with Gasteiger partial charge in [-0.3, -0.25) is 9.59 Å². The molecule has 168 valence electrons. The first kappa shape index (κ1) is 22.0. The van der Waals surface area contributed by atoms with E-state index in [0.29, 0.717) is 28.3 Å². The maximum Gasteiger partial charge on any atom is 0.338 e. The Morgan fingerprint density at radius 2 is 1.73 bits per heavy atom. The number of nitrogens with one attached hydrogen (secondary N) is 1. The Kier molecular flexibility index (Phi) is 6.35. The van der Waals surface area contributed by atoms with Gasteiger partial charge in [-0.1, -0.05) is 12.1 Å². The van der Waals surface area contributed by atoms with E-state index in [1.807, 2.05) is 0 Å². The number of carbonyl (C=O) groups is 3. The number of esters is 1. The number of rotatable bonds is 6. The van der Waals surface area contributed by atoms with E-state index in [2.05, 4.69) is 5.32 Å². The van der Waals surface area contributed by atoms with Crippen molar-refractivity contribution >= 4 is 29.2 Å². The van der Waals surface area contributed by atoms with Crippen LogP contribution in [0.4, 0.5) is 15.8 Å². The van der Waals surface area contributed by atoms with Crippen LogP contribution in [0.2, 0.25) is 0 Å². The highest BCUT2D eigenvalue weighted by Gasteiger charge is 2.27. The second kappa shape index (κ2) is 9.52. The minimum absolute atomic E-state index is 0.118. The molecule has 0 aromatic heterocycles. The SMILES string of the molecule is CCOC(=O)c1ccc(NC(=O)c2ccc3c(c2)N(Cc2ccc(F)cc2)C(=O)CO3)cc1. The number of halogens is 1. The van der Waals surface area contributed by atoms with Gasteiger partial charge in [-0.2, -0.15) is 0 Å². The quantitative estimate of drug-likeness (QED) is 0.572. The molecule has 1 N–H and O–H groups in total. The molecule has 0 spiro atoms. The molecular formula is C25H21FN2O5. The summed E-state index contributed by atoms with van der Waals surface area (Å²) in [6, 6.07) is 17.0. The van der Waals surface area contributed by atoms with Crippen LogP contribution in [0.3, 0.4) is 0 Å². The van der Waals surface area contributed by atoms with Crippen molar-refractivity contribution < 1.29 is 28.2 Å². The summed E-state index contributed by atoms with van der Waals surface area (Å²) in [5.74, 6) is -0.967. The van der Waals surface area contributed by atoms with E-state index in [1.54, 1.807) is 61.5 Å². The van der Waals surface area contributed by atoms with Gasteiger partial charge < -0.3 is 19.7 Å². The average Bonchev–Trinajstić information content (AvgIpc) is 2.82. The van der Waals surface area contributed by atoms with Crippen molar-refractivity contribution in [2.24, 2.45) is 0 Å². The number of amides is 2. The van der Waals surface area contributed by atoms with Crippen molar-refractivity contribution in [2.75, 3.05) is 23.4 Å². The van der Waals surface area contributed by atoms with Gasteiger partial charge in [0.2, 0.25) is 0 Å². The Hall–Kier alpha value is -4.20. The van der Waals surface area contributed by atoms with Crippen LogP contribution in [-0.4, -0.2) is 31.0 Å². The molecule has 0 unspecified atom stereocenters. The fraction of sp³-hybridized carbons (Fsp3) is 0.160. The summed E-state index contributed by atoms with van der Waals surface area (Å²) in [7, 11) is 0. The van der Waals surface area contributed by atoms with Crippen molar-refractivity contribution in [3.8, 4) is 5.75 Å². The van der Waals surface area contributed by atoms with Gasteiger partial charge in [-0.15, -0.1) is 0 Å². The first-order valence-electron chi connectivity index (χ1n) is 10.3. The number of benzene rings is 3. The molecule has 8 heteroatoms. The molecule has 0 saturated carbocycles. The van der Waals surface area contributed by atoms with Crippen LogP contribution in [-0.2, 0) is 16.1 Å². The smallest absolute Gasteiger partial charge is 0.338 e. The molecule has 1 heterocycles. The molecule has 0 aliphatic carbocycles. The number of hydrogen-bond donors (Lipinski definition) is 1. The Morgan fingerprint density at radius 3 is 2.42 bits per heavy atom. The lowest BCUT2D eigenvalue weighted by molar-refractivity contribution is -0.121. The van der Waals surface area contributed by atoms with Crippen LogP contribution >= 0.6 is 0 Å². The number of fused-ring (bicyclic) bond motifs is 1. The van der Waals surface area contributed by atoms with Crippen LogP contribution < -0.4 is 15.0 Å². The molecule has 2 amide bonds. The maximum absolute atomic E-state index is 13.2. The molecular weight excluding hydrogens is 427 g/mol. The number of hydrogen-bond acceptors (Lipinski definition) is 5. The van der Waals surface area contributed by atoms with Gasteiger partial charge in [0.1, 0.15) is 11.6 Å². The molecule has 0 bridgehead atoms. The standard InChI is InChI=1S/C25H21FN2O5/c1-2-32-25(31)17-5-10-20(11-6-17)27-24(30)18-7-12-22-21(13-18)28(23(29)15-33-22)14-16-3-8-19(26)9-4-16/h3-13H,2,14-15H2,1H3,(H,27,30). The lowest BCUT2D eigenvalue weighted by Crippen LogP contribution is -2.38. The second-order valence-corrected chi connectivity index (χ2v) is 7.33. The molecule has 3 aromatic rings. The highest BCUT2D eigenvalue weighted by atomic mass is 19.1. The van der Waals surface area contributed by atoms with Gasteiger partial charge in [0, 0.05) is 11.3 Å². The van der Waals surface area contributed by atoms with Crippen molar-refractivity contribution in [1.29, 1.82) is 0 Å². The van der Waals surface area contributed by atoms with Crippen molar-refractivity contribution in [3.05, 3.63) is 89.2 Å². The molecule has 1 aliphatic rings. The highest BCUT2D eigenvalue weighted by Crippen LogP contribution is 2.34. The van der Waals surface area contributed by atoms with E-state index in [4.69, 9.17) is 9.47 Å². The van der Waals surface area contributed by atoms with Crippen LogP contribution in [0.15, 0.2) is 66.7 Å². The van der Waals surface area contributed by atoms with Gasteiger partial charge >= 0.3 is 5.97 Å². The van der Waals surface area contributed by atoms with Crippen molar-refractivity contribution in [1.82, 2.24) is 0 Å². The summed E-state index contributed by atoms with van der Waals surface area (Å²) < 4.78 is 23.7. The second-order valence-electron chi connectivity index (χ2n) is 7.33. The van der Waals surface area contributed by atoms with E-state index in [9.17, 15) is 18.8 Å². The summed E-state index contributed by atoms with van der Waals surface area (Å²) in [6.45, 7) is 2.10. The zero-order valence-electron chi connectivity index (χ0n) is 17.8. The lowest BCUT2D eigenvalue weighted by Gasteiger charge is -2.30. The first-order chi connectivity index (χ1) is 15.9. The van der Waals surface area contributed by atoms with Gasteiger partial charge in [0.25, 0.3) is 11.8 Å². The zero-order valence-corrected chi connectivity index (χ0v) is 17.8. The van der Waals surface area contributed by atoms with Crippen molar-refractivity contribution in [2.45, 2.75) is 13.5 Å². The highest BCUT2D eigenvalue weighted by molar-refractivity contribution is 6.06. The molecule has 4 rings (SSSR count). The van der Waals surface area contributed by atoms with Crippen LogP contribution in [0.1, 0.15) is 33.2 Å². The molecule has 0 fully saturated rings. The Labute approximate surface area is 189 Å². The Morgan fingerprint density at radius 1 is 1.03 bits per heavy atom. The maximum atomic E-state index is 13.2. The average molecular weight is 448 g/mol. The molecule has 33 heavy (non-hydrogen) atoms. The molecule has 0 atom stereocenters. The predicted molar refractivity (Wildman–Crippen MR) is 120 cm³/mol. The van der Waals surface area contributed by atoms with Crippen molar-refractivity contribution in [3.63, 3.8) is 0 Å². The summed E-state index contributed by atoms with van der Waals surface area (Å²) in [5, 5.41) is 2.77. The molecule has 0 saturated heterocycles. The third-order valence-electron chi connectivity index (χ3n) is 5.07. The number of ether oxygens (including phenoxy) is 2.